The molecule has 0 aromatic rings. The number of aliphatic hydroxyl groups excluding tert-OH is 1. The van der Waals surface area contributed by atoms with Crippen molar-refractivity contribution in [1.82, 2.24) is 10.2 Å². The number of nitrogens with one attached hydrogen (secondary N) is 1. The van der Waals surface area contributed by atoms with Crippen molar-refractivity contribution in [2.45, 2.75) is 44.5 Å². The summed E-state index contributed by atoms with van der Waals surface area (Å²) >= 11 is 0. The first kappa shape index (κ1) is 14.7. The molecule has 2 unspecified atom stereocenters. The number of hydrogen-bond donors (Lipinski definition) is 2. The molecule has 3 nitrogen and oxygen atoms in total. The number of alkyl halides is 3. The minimum atomic E-state index is -4.15. The first-order valence-corrected chi connectivity index (χ1v) is 6.07. The Hall–Kier alpha value is -0.330. The molecule has 1 rings (SSSR count). The van der Waals surface area contributed by atoms with Crippen molar-refractivity contribution in [1.29, 1.82) is 0 Å². The van der Waals surface area contributed by atoms with E-state index in [2.05, 4.69) is 10.2 Å². The molecular weight excluding hydrogens is 233 g/mol. The second-order valence-corrected chi connectivity index (χ2v) is 4.79. The smallest absolute Gasteiger partial charge is 0.390 e. The van der Waals surface area contributed by atoms with E-state index in [0.29, 0.717) is 6.54 Å². The summed E-state index contributed by atoms with van der Waals surface area (Å²) in [5.41, 5.74) is 0. The van der Waals surface area contributed by atoms with Crippen LogP contribution in [0.4, 0.5) is 13.2 Å². The summed E-state index contributed by atoms with van der Waals surface area (Å²) in [6.45, 7) is 4.21. The minimum Gasteiger partial charge on any atom is -0.390 e. The van der Waals surface area contributed by atoms with Crippen LogP contribution in [0.2, 0.25) is 0 Å². The predicted molar refractivity (Wildman–Crippen MR) is 59.8 cm³/mol. The van der Waals surface area contributed by atoms with Crippen molar-refractivity contribution in [2.75, 3.05) is 26.2 Å². The van der Waals surface area contributed by atoms with E-state index < -0.39 is 24.7 Å². The third-order valence-electron chi connectivity index (χ3n) is 2.91. The van der Waals surface area contributed by atoms with E-state index >= 15 is 0 Å². The summed E-state index contributed by atoms with van der Waals surface area (Å²) in [5.74, 6) is 0. The summed E-state index contributed by atoms with van der Waals surface area (Å²) in [4.78, 5) is 2.14. The van der Waals surface area contributed by atoms with Crippen molar-refractivity contribution >= 4 is 0 Å². The van der Waals surface area contributed by atoms with Gasteiger partial charge in [-0.15, -0.1) is 0 Å². The van der Waals surface area contributed by atoms with Gasteiger partial charge < -0.3 is 15.3 Å². The lowest BCUT2D eigenvalue weighted by atomic mass is 10.2. The molecule has 6 heteroatoms. The quantitative estimate of drug-likeness (QED) is 0.751. The molecule has 0 aromatic heterocycles. The Labute approximate surface area is 100.0 Å². The molecule has 1 heterocycles. The molecular formula is C11H21F3N2O. The van der Waals surface area contributed by atoms with Crippen LogP contribution < -0.4 is 5.32 Å². The fourth-order valence-corrected chi connectivity index (χ4v) is 2.08. The Morgan fingerprint density at radius 2 is 1.88 bits per heavy atom. The Balaban J connectivity index is 2.11. The van der Waals surface area contributed by atoms with Crippen molar-refractivity contribution in [3.05, 3.63) is 0 Å². The van der Waals surface area contributed by atoms with E-state index in [4.69, 9.17) is 0 Å². The Morgan fingerprint density at radius 3 is 2.41 bits per heavy atom. The van der Waals surface area contributed by atoms with Crippen LogP contribution in [0, 0.1) is 0 Å². The molecule has 1 saturated heterocycles. The minimum absolute atomic E-state index is 0.216. The maximum Gasteiger partial charge on any atom is 0.390 e. The highest BCUT2D eigenvalue weighted by atomic mass is 19.4. The van der Waals surface area contributed by atoms with Crippen molar-refractivity contribution < 1.29 is 18.3 Å². The molecule has 0 aromatic carbocycles. The Kier molecular flexibility index (Phi) is 5.69. The molecule has 0 spiro atoms. The Morgan fingerprint density at radius 1 is 1.29 bits per heavy atom. The van der Waals surface area contributed by atoms with Gasteiger partial charge in [0.25, 0.3) is 0 Å². The lowest BCUT2D eigenvalue weighted by molar-refractivity contribution is -0.139. The molecule has 2 N–H and O–H groups in total. The molecule has 1 fully saturated rings. The van der Waals surface area contributed by atoms with E-state index in [9.17, 15) is 18.3 Å². The van der Waals surface area contributed by atoms with Crippen molar-refractivity contribution in [3.8, 4) is 0 Å². The van der Waals surface area contributed by atoms with Gasteiger partial charge in [0, 0.05) is 19.1 Å². The van der Waals surface area contributed by atoms with Crippen LogP contribution in [0.5, 0.6) is 0 Å². The highest BCUT2D eigenvalue weighted by Gasteiger charge is 2.30. The average Bonchev–Trinajstić information content (AvgIpc) is 2.64. The fourth-order valence-electron chi connectivity index (χ4n) is 2.08. The zero-order chi connectivity index (χ0) is 12.9. The molecule has 102 valence electrons. The largest absolute Gasteiger partial charge is 0.390 e. The van der Waals surface area contributed by atoms with Gasteiger partial charge in [0.05, 0.1) is 12.5 Å². The van der Waals surface area contributed by atoms with Gasteiger partial charge >= 0.3 is 6.18 Å². The second kappa shape index (κ2) is 6.56. The van der Waals surface area contributed by atoms with Gasteiger partial charge in [-0.25, -0.2) is 0 Å². The predicted octanol–water partition coefficient (Wildman–Crippen LogP) is 1.37. The highest BCUT2D eigenvalue weighted by Crippen LogP contribution is 2.21. The lowest BCUT2D eigenvalue weighted by Crippen LogP contribution is -2.41. The third-order valence-corrected chi connectivity index (χ3v) is 2.91. The zero-order valence-electron chi connectivity index (χ0n) is 10.1. The number of likely N-dealkylation sites (tertiary alicyclic amines) is 1. The fraction of sp³-hybridized carbons (Fsp3) is 1.00. The van der Waals surface area contributed by atoms with Gasteiger partial charge in [0.15, 0.2) is 0 Å². The van der Waals surface area contributed by atoms with Gasteiger partial charge in [-0.1, -0.05) is 0 Å². The zero-order valence-corrected chi connectivity index (χ0v) is 10.1. The molecule has 0 radical (unpaired) electrons. The van der Waals surface area contributed by atoms with Crippen LogP contribution in [0.15, 0.2) is 0 Å². The van der Waals surface area contributed by atoms with Gasteiger partial charge in [-0.05, 0) is 32.9 Å². The number of nitrogens with zero attached hydrogens (tertiary/aromatic N) is 1. The van der Waals surface area contributed by atoms with Gasteiger partial charge in [-0.2, -0.15) is 13.2 Å². The lowest BCUT2D eigenvalue weighted by Gasteiger charge is -2.22. The van der Waals surface area contributed by atoms with Crippen molar-refractivity contribution in [2.24, 2.45) is 0 Å². The van der Waals surface area contributed by atoms with Crippen molar-refractivity contribution in [3.63, 3.8) is 0 Å². The maximum absolute atomic E-state index is 12.0. The third kappa shape index (κ3) is 6.85. The summed E-state index contributed by atoms with van der Waals surface area (Å²) in [5, 5.41) is 12.4. The van der Waals surface area contributed by atoms with Gasteiger partial charge in [-0.3, -0.25) is 0 Å². The molecule has 0 aliphatic carbocycles. The molecule has 1 aliphatic rings. The summed E-state index contributed by atoms with van der Waals surface area (Å²) in [6, 6.07) is -0.650. The van der Waals surface area contributed by atoms with E-state index in [-0.39, 0.29) is 6.54 Å². The number of halogens is 3. The second-order valence-electron chi connectivity index (χ2n) is 4.79. The van der Waals surface area contributed by atoms with E-state index in [0.717, 1.165) is 25.9 Å². The summed E-state index contributed by atoms with van der Waals surface area (Å²) in [6.07, 6.45) is -3.31. The van der Waals surface area contributed by atoms with E-state index in [1.54, 1.807) is 0 Å². The molecule has 1 aliphatic heterocycles. The van der Waals surface area contributed by atoms with E-state index in [1.165, 1.54) is 6.92 Å². The van der Waals surface area contributed by atoms with Gasteiger partial charge in [0.1, 0.15) is 0 Å². The topological polar surface area (TPSA) is 35.5 Å². The van der Waals surface area contributed by atoms with Crippen LogP contribution in [-0.4, -0.2) is 54.5 Å². The normalized spacial score (nSPS) is 21.7. The number of aliphatic hydroxyl groups is 1. The van der Waals surface area contributed by atoms with Crippen LogP contribution >= 0.6 is 0 Å². The van der Waals surface area contributed by atoms with Crippen LogP contribution in [-0.2, 0) is 0 Å². The summed E-state index contributed by atoms with van der Waals surface area (Å²) in [7, 11) is 0. The Bertz CT molecular complexity index is 217. The van der Waals surface area contributed by atoms with Crippen LogP contribution in [0.25, 0.3) is 0 Å². The molecule has 0 saturated carbocycles. The first-order chi connectivity index (χ1) is 7.87. The van der Waals surface area contributed by atoms with E-state index in [1.807, 2.05) is 0 Å². The van der Waals surface area contributed by atoms with Gasteiger partial charge in [0.2, 0.25) is 0 Å². The monoisotopic (exact) mass is 254 g/mol. The molecule has 0 amide bonds. The average molecular weight is 254 g/mol. The first-order valence-electron chi connectivity index (χ1n) is 6.07. The SMILES string of the molecule is CC(CC(F)(F)F)NCC(O)CN1CCCC1. The molecule has 2 atom stereocenters. The van der Waals surface area contributed by atoms with Crippen LogP contribution in [0.3, 0.4) is 0 Å². The number of rotatable bonds is 6. The highest BCUT2D eigenvalue weighted by molar-refractivity contribution is 4.73. The number of β-amino-alcohol motifs (C(OH)–C–C–N with tert-alkyl or cyclic N) is 1. The number of hydrogen-bond acceptors (Lipinski definition) is 3. The summed E-state index contributed by atoms with van der Waals surface area (Å²) < 4.78 is 36.1. The van der Waals surface area contributed by atoms with Crippen LogP contribution in [0.1, 0.15) is 26.2 Å². The maximum atomic E-state index is 12.0. The molecule has 0 bridgehead atoms. The standard InChI is InChI=1S/C11H21F3N2O/c1-9(6-11(12,13)14)15-7-10(17)8-16-4-2-3-5-16/h9-10,15,17H,2-8H2,1H3. The molecule has 17 heavy (non-hydrogen) atoms.